The molecule has 3 heterocycles. The third-order valence-corrected chi connectivity index (χ3v) is 4.74. The number of rotatable bonds is 3. The van der Waals surface area contributed by atoms with Gasteiger partial charge in [-0.25, -0.2) is 0 Å². The summed E-state index contributed by atoms with van der Waals surface area (Å²) < 4.78 is 1.73. The highest BCUT2D eigenvalue weighted by atomic mass is 35.5. The van der Waals surface area contributed by atoms with E-state index in [1.54, 1.807) is 29.0 Å². The lowest BCUT2D eigenvalue weighted by Crippen LogP contribution is -1.90. The first kappa shape index (κ1) is 15.3. The van der Waals surface area contributed by atoms with E-state index in [1.807, 2.05) is 30.4 Å². The second-order valence-electron chi connectivity index (χ2n) is 4.89. The van der Waals surface area contributed by atoms with Crippen LogP contribution in [0.3, 0.4) is 0 Å². The van der Waals surface area contributed by atoms with Gasteiger partial charge in [0.15, 0.2) is 5.82 Å². The highest BCUT2D eigenvalue weighted by molar-refractivity contribution is 7.17. The fourth-order valence-electron chi connectivity index (χ4n) is 2.18. The van der Waals surface area contributed by atoms with Crippen molar-refractivity contribution in [3.63, 3.8) is 0 Å². The molecule has 0 saturated carbocycles. The van der Waals surface area contributed by atoms with Crippen LogP contribution < -0.4 is 0 Å². The van der Waals surface area contributed by atoms with Gasteiger partial charge in [-0.05, 0) is 35.9 Å². The lowest BCUT2D eigenvalue weighted by molar-refractivity contribution is 0.959. The molecule has 5 nitrogen and oxygen atoms in total. The molecule has 4 aromatic rings. The Morgan fingerprint density at radius 2 is 1.83 bits per heavy atom. The number of hydrogen-bond acceptors (Lipinski definition) is 5. The Morgan fingerprint density at radius 3 is 2.62 bits per heavy atom. The van der Waals surface area contributed by atoms with Gasteiger partial charge in [0.1, 0.15) is 5.01 Å². The van der Waals surface area contributed by atoms with E-state index in [9.17, 15) is 0 Å². The first-order valence-electron chi connectivity index (χ1n) is 6.96. The normalized spacial score (nSPS) is 11.6. The van der Waals surface area contributed by atoms with Crippen LogP contribution in [0, 0.1) is 0 Å². The van der Waals surface area contributed by atoms with Crippen LogP contribution in [0.25, 0.3) is 28.5 Å². The van der Waals surface area contributed by atoms with Gasteiger partial charge in [0, 0.05) is 28.0 Å². The van der Waals surface area contributed by atoms with Crippen LogP contribution in [0.1, 0.15) is 10.6 Å². The molecule has 0 aliphatic carbocycles. The highest BCUT2D eigenvalue weighted by Crippen LogP contribution is 2.25. The van der Waals surface area contributed by atoms with Crippen molar-refractivity contribution in [1.29, 1.82) is 0 Å². The maximum absolute atomic E-state index is 6.17. The molecular weight excluding hydrogens is 365 g/mol. The summed E-state index contributed by atoms with van der Waals surface area (Å²) in [5.74, 6) is 0.688. The molecule has 0 radical (unpaired) electrons. The standard InChI is InChI=1S/C16H9Cl2N5S/c17-12-3-1-10(13(18)9-12)2-4-14-22-23-15(20-21-16(23)24-14)11-5-7-19-8-6-11/h1-9H/b4-2+. The largest absolute Gasteiger partial charge is 0.265 e. The summed E-state index contributed by atoms with van der Waals surface area (Å²) in [6.45, 7) is 0. The van der Waals surface area contributed by atoms with E-state index in [1.165, 1.54) is 11.3 Å². The predicted octanol–water partition coefficient (Wildman–Crippen LogP) is 4.73. The van der Waals surface area contributed by atoms with Crippen molar-refractivity contribution in [1.82, 2.24) is 24.8 Å². The molecule has 8 heteroatoms. The number of aromatic nitrogens is 5. The third-order valence-electron chi connectivity index (χ3n) is 3.31. The van der Waals surface area contributed by atoms with Crippen molar-refractivity contribution in [2.45, 2.75) is 0 Å². The Balaban J connectivity index is 1.69. The van der Waals surface area contributed by atoms with Gasteiger partial charge in [-0.15, -0.1) is 10.2 Å². The molecule has 0 spiro atoms. The molecule has 24 heavy (non-hydrogen) atoms. The maximum Gasteiger partial charge on any atom is 0.235 e. The Hall–Kier alpha value is -2.28. The fourth-order valence-corrected chi connectivity index (χ4v) is 3.39. The van der Waals surface area contributed by atoms with Crippen molar-refractivity contribution in [3.8, 4) is 11.4 Å². The van der Waals surface area contributed by atoms with Crippen LogP contribution in [-0.4, -0.2) is 24.8 Å². The molecule has 0 atom stereocenters. The maximum atomic E-state index is 6.17. The smallest absolute Gasteiger partial charge is 0.235 e. The van der Waals surface area contributed by atoms with E-state index in [-0.39, 0.29) is 0 Å². The second-order valence-corrected chi connectivity index (χ2v) is 6.72. The quantitative estimate of drug-likeness (QED) is 0.521. The zero-order valence-electron chi connectivity index (χ0n) is 12.1. The first-order chi connectivity index (χ1) is 11.7. The van der Waals surface area contributed by atoms with E-state index >= 15 is 0 Å². The SMILES string of the molecule is Clc1ccc(/C=C/c2nn3c(-c4ccncc4)nnc3s2)c(Cl)c1. The molecule has 118 valence electrons. The van der Waals surface area contributed by atoms with E-state index < -0.39 is 0 Å². The van der Waals surface area contributed by atoms with Gasteiger partial charge in [0.05, 0.1) is 0 Å². The summed E-state index contributed by atoms with van der Waals surface area (Å²) in [5, 5.41) is 14.9. The summed E-state index contributed by atoms with van der Waals surface area (Å²) >= 11 is 13.5. The molecular formula is C16H9Cl2N5S. The summed E-state index contributed by atoms with van der Waals surface area (Å²) in [7, 11) is 0. The van der Waals surface area contributed by atoms with Crippen LogP contribution in [-0.2, 0) is 0 Å². The van der Waals surface area contributed by atoms with Crippen molar-refractivity contribution >= 4 is 51.7 Å². The van der Waals surface area contributed by atoms with Gasteiger partial charge >= 0.3 is 0 Å². The van der Waals surface area contributed by atoms with Gasteiger partial charge in [-0.3, -0.25) is 4.98 Å². The van der Waals surface area contributed by atoms with E-state index in [2.05, 4.69) is 20.3 Å². The molecule has 0 aliphatic heterocycles. The monoisotopic (exact) mass is 373 g/mol. The molecule has 0 N–H and O–H groups in total. The Bertz CT molecular complexity index is 1040. The minimum atomic E-state index is 0.597. The van der Waals surface area contributed by atoms with Gasteiger partial charge in [0.2, 0.25) is 4.96 Å². The van der Waals surface area contributed by atoms with Crippen LogP contribution in [0.2, 0.25) is 10.0 Å². The van der Waals surface area contributed by atoms with E-state index in [0.717, 1.165) is 21.1 Å². The summed E-state index contributed by atoms with van der Waals surface area (Å²) in [4.78, 5) is 4.74. The van der Waals surface area contributed by atoms with Crippen LogP contribution >= 0.6 is 34.5 Å². The lowest BCUT2D eigenvalue weighted by Gasteiger charge is -1.97. The predicted molar refractivity (Wildman–Crippen MR) is 97.3 cm³/mol. The summed E-state index contributed by atoms with van der Waals surface area (Å²) in [6, 6.07) is 9.12. The molecule has 0 amide bonds. The number of fused-ring (bicyclic) bond motifs is 1. The third kappa shape index (κ3) is 2.91. The molecule has 0 bridgehead atoms. The van der Waals surface area contributed by atoms with Crippen molar-refractivity contribution in [2.24, 2.45) is 0 Å². The lowest BCUT2D eigenvalue weighted by atomic mass is 10.2. The fraction of sp³-hybridized carbons (Fsp3) is 0. The van der Waals surface area contributed by atoms with Crippen LogP contribution in [0.4, 0.5) is 0 Å². The minimum absolute atomic E-state index is 0.597. The van der Waals surface area contributed by atoms with Crippen LogP contribution in [0.5, 0.6) is 0 Å². The Morgan fingerprint density at radius 1 is 1.00 bits per heavy atom. The van der Waals surface area contributed by atoms with E-state index in [4.69, 9.17) is 23.2 Å². The number of halogens is 2. The molecule has 0 unspecified atom stereocenters. The van der Waals surface area contributed by atoms with Crippen LogP contribution in [0.15, 0.2) is 42.7 Å². The average molecular weight is 374 g/mol. The summed E-state index contributed by atoms with van der Waals surface area (Å²) in [6.07, 6.45) is 7.22. The number of hydrogen-bond donors (Lipinski definition) is 0. The average Bonchev–Trinajstić information content (AvgIpc) is 3.15. The van der Waals surface area contributed by atoms with Gasteiger partial charge in [-0.1, -0.05) is 46.7 Å². The first-order valence-corrected chi connectivity index (χ1v) is 8.54. The van der Waals surface area contributed by atoms with Crippen molar-refractivity contribution in [3.05, 3.63) is 63.3 Å². The molecule has 0 saturated heterocycles. The zero-order chi connectivity index (χ0) is 16.5. The Kier molecular flexibility index (Phi) is 4.02. The Labute approximate surface area is 151 Å². The highest BCUT2D eigenvalue weighted by Gasteiger charge is 2.12. The van der Waals surface area contributed by atoms with Gasteiger partial charge in [-0.2, -0.15) is 9.61 Å². The number of benzene rings is 1. The van der Waals surface area contributed by atoms with Crippen molar-refractivity contribution < 1.29 is 0 Å². The molecule has 0 aliphatic rings. The number of nitrogens with zero attached hydrogens (tertiary/aromatic N) is 5. The second kappa shape index (κ2) is 6.32. The molecule has 0 fully saturated rings. The van der Waals surface area contributed by atoms with E-state index in [0.29, 0.717) is 15.9 Å². The molecule has 1 aromatic carbocycles. The molecule has 4 rings (SSSR count). The number of pyridine rings is 1. The molecule has 3 aromatic heterocycles. The zero-order valence-corrected chi connectivity index (χ0v) is 14.4. The minimum Gasteiger partial charge on any atom is -0.265 e. The van der Waals surface area contributed by atoms with Crippen molar-refractivity contribution in [2.75, 3.05) is 0 Å². The van der Waals surface area contributed by atoms with Gasteiger partial charge < -0.3 is 0 Å². The topological polar surface area (TPSA) is 56.0 Å². The summed E-state index contributed by atoms with van der Waals surface area (Å²) in [5.41, 5.74) is 1.79. The van der Waals surface area contributed by atoms with Gasteiger partial charge in [0.25, 0.3) is 0 Å².